The zero-order valence-corrected chi connectivity index (χ0v) is 11.9. The molecule has 0 heterocycles. The smallest absolute Gasteiger partial charge is 0.243 e. The summed E-state index contributed by atoms with van der Waals surface area (Å²) in [7, 11) is 0. The number of hydrogen-bond donors (Lipinski definition) is 2. The van der Waals surface area contributed by atoms with Gasteiger partial charge in [0.1, 0.15) is 11.4 Å². The Morgan fingerprint density at radius 1 is 1.21 bits per heavy atom. The zero-order valence-electron chi connectivity index (χ0n) is 11.2. The summed E-state index contributed by atoms with van der Waals surface area (Å²) in [6.07, 6.45) is 0.856. The molecule has 1 aromatic carbocycles. The van der Waals surface area contributed by atoms with Crippen molar-refractivity contribution >= 4 is 23.4 Å². The number of nitrogens with one attached hydrogen (secondary N) is 2. The van der Waals surface area contributed by atoms with Crippen LogP contribution in [0.1, 0.15) is 31.2 Å². The highest BCUT2D eigenvalue weighted by atomic mass is 35.5. The summed E-state index contributed by atoms with van der Waals surface area (Å²) >= 11 is 6.07. The lowest BCUT2D eigenvalue weighted by atomic mass is 10.1. The second-order valence-electron chi connectivity index (χ2n) is 4.29. The van der Waals surface area contributed by atoms with E-state index in [0.29, 0.717) is 12.1 Å². The lowest BCUT2D eigenvalue weighted by Gasteiger charge is -2.16. The Kier molecular flexibility index (Phi) is 6.36. The molecule has 0 saturated heterocycles. The predicted octanol–water partition coefficient (Wildman–Crippen LogP) is 2.00. The minimum absolute atomic E-state index is 0.202. The monoisotopic (exact) mass is 282 g/mol. The van der Waals surface area contributed by atoms with Gasteiger partial charge in [-0.1, -0.05) is 37.3 Å². The molecule has 0 fully saturated rings. The number of halogens is 1. The molecular weight excluding hydrogens is 264 g/mol. The topological polar surface area (TPSA) is 58.2 Å². The van der Waals surface area contributed by atoms with Gasteiger partial charge in [0.2, 0.25) is 11.8 Å². The Hall–Kier alpha value is -1.55. The van der Waals surface area contributed by atoms with E-state index in [0.717, 1.165) is 6.42 Å². The second kappa shape index (κ2) is 7.79. The van der Waals surface area contributed by atoms with E-state index in [4.69, 9.17) is 11.6 Å². The molecule has 0 spiro atoms. The summed E-state index contributed by atoms with van der Waals surface area (Å²) in [4.78, 5) is 23.5. The molecule has 2 amide bonds. The molecule has 0 radical (unpaired) electrons. The molecule has 2 N–H and O–H groups in total. The van der Waals surface area contributed by atoms with Gasteiger partial charge >= 0.3 is 0 Å². The molecular formula is C14H19ClN2O2. The summed E-state index contributed by atoms with van der Waals surface area (Å²) in [5.74, 6) is -0.570. The fourth-order valence-electron chi connectivity index (χ4n) is 1.53. The van der Waals surface area contributed by atoms with Crippen LogP contribution in [0, 0.1) is 0 Å². The van der Waals surface area contributed by atoms with Gasteiger partial charge in [0.15, 0.2) is 0 Å². The molecule has 0 bridgehead atoms. The second-order valence-corrected chi connectivity index (χ2v) is 4.73. The van der Waals surface area contributed by atoms with Gasteiger partial charge in [-0.2, -0.15) is 0 Å². The lowest BCUT2D eigenvalue weighted by molar-refractivity contribution is -0.128. The number of rotatable bonds is 6. The third-order valence-electron chi connectivity index (χ3n) is 2.62. The van der Waals surface area contributed by atoms with Crippen molar-refractivity contribution in [2.45, 2.75) is 31.7 Å². The minimum atomic E-state index is -0.789. The van der Waals surface area contributed by atoms with Crippen LogP contribution < -0.4 is 10.6 Å². The van der Waals surface area contributed by atoms with Crippen LogP contribution in [0.4, 0.5) is 0 Å². The SMILES string of the molecule is CCCNC(=O)C(C)NC(=O)C(Cl)c1ccccc1. The van der Waals surface area contributed by atoms with Crippen LogP contribution in [-0.4, -0.2) is 24.4 Å². The number of carbonyl (C=O) groups excluding carboxylic acids is 2. The highest BCUT2D eigenvalue weighted by Gasteiger charge is 2.21. The lowest BCUT2D eigenvalue weighted by Crippen LogP contribution is -2.45. The van der Waals surface area contributed by atoms with Gasteiger partial charge in [-0.05, 0) is 18.9 Å². The Morgan fingerprint density at radius 2 is 1.84 bits per heavy atom. The largest absolute Gasteiger partial charge is 0.354 e. The van der Waals surface area contributed by atoms with Crippen molar-refractivity contribution in [3.05, 3.63) is 35.9 Å². The third kappa shape index (κ3) is 4.91. The van der Waals surface area contributed by atoms with Gasteiger partial charge in [0.25, 0.3) is 0 Å². The zero-order chi connectivity index (χ0) is 14.3. The van der Waals surface area contributed by atoms with E-state index in [1.165, 1.54) is 0 Å². The molecule has 0 aromatic heterocycles. The Labute approximate surface area is 118 Å². The molecule has 5 heteroatoms. The predicted molar refractivity (Wildman–Crippen MR) is 75.9 cm³/mol. The van der Waals surface area contributed by atoms with E-state index >= 15 is 0 Å². The molecule has 0 aliphatic rings. The van der Waals surface area contributed by atoms with E-state index < -0.39 is 11.4 Å². The van der Waals surface area contributed by atoms with Crippen LogP contribution in [-0.2, 0) is 9.59 Å². The van der Waals surface area contributed by atoms with Crippen molar-refractivity contribution in [2.75, 3.05) is 6.54 Å². The van der Waals surface area contributed by atoms with Gasteiger partial charge in [-0.15, -0.1) is 11.6 Å². The molecule has 104 valence electrons. The summed E-state index contributed by atoms with van der Waals surface area (Å²) in [6.45, 7) is 4.20. The number of carbonyl (C=O) groups is 2. The van der Waals surface area contributed by atoms with Gasteiger partial charge in [0.05, 0.1) is 0 Å². The highest BCUT2D eigenvalue weighted by Crippen LogP contribution is 2.19. The van der Waals surface area contributed by atoms with Gasteiger partial charge in [-0.3, -0.25) is 9.59 Å². The Morgan fingerprint density at radius 3 is 2.42 bits per heavy atom. The Balaban J connectivity index is 2.52. The number of hydrogen-bond acceptors (Lipinski definition) is 2. The van der Waals surface area contributed by atoms with Gasteiger partial charge in [0, 0.05) is 6.54 Å². The normalized spacial score (nSPS) is 13.4. The maximum atomic E-state index is 11.9. The van der Waals surface area contributed by atoms with E-state index in [1.807, 2.05) is 25.1 Å². The van der Waals surface area contributed by atoms with Gasteiger partial charge in [-0.25, -0.2) is 0 Å². The number of alkyl halides is 1. The molecule has 19 heavy (non-hydrogen) atoms. The summed E-state index contributed by atoms with van der Waals surface area (Å²) in [6, 6.07) is 8.44. The first-order valence-electron chi connectivity index (χ1n) is 6.33. The number of benzene rings is 1. The fourth-order valence-corrected chi connectivity index (χ4v) is 1.74. The van der Waals surface area contributed by atoms with E-state index in [1.54, 1.807) is 19.1 Å². The van der Waals surface area contributed by atoms with Crippen molar-refractivity contribution in [3.8, 4) is 0 Å². The average molecular weight is 283 g/mol. The third-order valence-corrected chi connectivity index (χ3v) is 3.07. The molecule has 1 rings (SSSR count). The van der Waals surface area contributed by atoms with Crippen molar-refractivity contribution in [2.24, 2.45) is 0 Å². The first-order chi connectivity index (χ1) is 9.06. The quantitative estimate of drug-likeness (QED) is 0.784. The van der Waals surface area contributed by atoms with E-state index in [2.05, 4.69) is 10.6 Å². The maximum absolute atomic E-state index is 11.9. The van der Waals surface area contributed by atoms with Crippen LogP contribution in [0.15, 0.2) is 30.3 Å². The summed E-state index contributed by atoms with van der Waals surface area (Å²) < 4.78 is 0. The van der Waals surface area contributed by atoms with Crippen molar-refractivity contribution in [3.63, 3.8) is 0 Å². The van der Waals surface area contributed by atoms with Crippen LogP contribution in [0.5, 0.6) is 0 Å². The standard InChI is InChI=1S/C14H19ClN2O2/c1-3-9-16-13(18)10(2)17-14(19)12(15)11-7-5-4-6-8-11/h4-8,10,12H,3,9H2,1-2H3,(H,16,18)(H,17,19). The van der Waals surface area contributed by atoms with Crippen LogP contribution in [0.3, 0.4) is 0 Å². The van der Waals surface area contributed by atoms with Gasteiger partial charge < -0.3 is 10.6 Å². The van der Waals surface area contributed by atoms with Crippen molar-refractivity contribution in [1.29, 1.82) is 0 Å². The highest BCUT2D eigenvalue weighted by molar-refractivity contribution is 6.30. The first-order valence-corrected chi connectivity index (χ1v) is 6.77. The van der Waals surface area contributed by atoms with E-state index in [9.17, 15) is 9.59 Å². The van der Waals surface area contributed by atoms with E-state index in [-0.39, 0.29) is 11.8 Å². The summed E-state index contributed by atoms with van der Waals surface area (Å²) in [5.41, 5.74) is 0.711. The average Bonchev–Trinajstić information content (AvgIpc) is 2.44. The maximum Gasteiger partial charge on any atom is 0.243 e. The van der Waals surface area contributed by atoms with Crippen LogP contribution in [0.2, 0.25) is 0 Å². The fraction of sp³-hybridized carbons (Fsp3) is 0.429. The van der Waals surface area contributed by atoms with Crippen molar-refractivity contribution < 1.29 is 9.59 Å². The minimum Gasteiger partial charge on any atom is -0.354 e. The first kappa shape index (κ1) is 15.5. The molecule has 2 atom stereocenters. The molecule has 0 saturated carbocycles. The molecule has 0 aliphatic carbocycles. The Bertz CT molecular complexity index is 423. The summed E-state index contributed by atoms with van der Waals surface area (Å²) in [5, 5.41) is 4.53. The van der Waals surface area contributed by atoms with Crippen LogP contribution >= 0.6 is 11.6 Å². The molecule has 1 aromatic rings. The van der Waals surface area contributed by atoms with Crippen LogP contribution in [0.25, 0.3) is 0 Å². The van der Waals surface area contributed by atoms with Crippen molar-refractivity contribution in [1.82, 2.24) is 10.6 Å². The molecule has 0 aliphatic heterocycles. The molecule has 2 unspecified atom stereocenters. The molecule has 4 nitrogen and oxygen atoms in total. The number of amides is 2.